The number of hydrogen-bond acceptors (Lipinski definition) is 4. The van der Waals surface area contributed by atoms with Gasteiger partial charge >= 0.3 is 11.9 Å². The third-order valence-corrected chi connectivity index (χ3v) is 4.41. The summed E-state index contributed by atoms with van der Waals surface area (Å²) in [5.41, 5.74) is 1.82. The van der Waals surface area contributed by atoms with Gasteiger partial charge in [-0.25, -0.2) is 0 Å². The third-order valence-electron chi connectivity index (χ3n) is 4.41. The molecule has 0 atom stereocenters. The monoisotopic (exact) mass is 402 g/mol. The van der Waals surface area contributed by atoms with Crippen molar-refractivity contribution in [3.63, 3.8) is 0 Å². The van der Waals surface area contributed by atoms with Gasteiger partial charge in [0.15, 0.2) is 0 Å². The SMILES string of the molecule is O=C(O)CCCCCCCC(=O)O.Oc1cccc(O)c1CCc1ccccc1. The molecular formula is C23H30O6. The van der Waals surface area contributed by atoms with Crippen LogP contribution in [-0.2, 0) is 22.4 Å². The first kappa shape index (κ1) is 24.0. The lowest BCUT2D eigenvalue weighted by Gasteiger charge is -2.06. The van der Waals surface area contributed by atoms with E-state index in [-0.39, 0.29) is 24.3 Å². The molecule has 0 radical (unpaired) electrons. The van der Waals surface area contributed by atoms with Crippen molar-refractivity contribution in [2.45, 2.75) is 57.8 Å². The molecule has 6 nitrogen and oxygen atoms in total. The second kappa shape index (κ2) is 14.0. The molecule has 0 amide bonds. The summed E-state index contributed by atoms with van der Waals surface area (Å²) in [6, 6.07) is 14.9. The molecule has 0 spiro atoms. The summed E-state index contributed by atoms with van der Waals surface area (Å²) in [5, 5.41) is 35.8. The molecule has 0 aliphatic heterocycles. The molecule has 4 N–H and O–H groups in total. The molecule has 2 rings (SSSR count). The van der Waals surface area contributed by atoms with Crippen LogP contribution in [0.2, 0.25) is 0 Å². The Bertz CT molecular complexity index is 704. The number of aliphatic carboxylic acids is 2. The number of hydrogen-bond donors (Lipinski definition) is 4. The molecule has 29 heavy (non-hydrogen) atoms. The van der Waals surface area contributed by atoms with Gasteiger partial charge in [-0.2, -0.15) is 0 Å². The molecule has 0 saturated carbocycles. The van der Waals surface area contributed by atoms with E-state index in [0.29, 0.717) is 24.8 Å². The zero-order chi connectivity index (χ0) is 21.5. The van der Waals surface area contributed by atoms with Crippen molar-refractivity contribution in [2.24, 2.45) is 0 Å². The molecule has 2 aromatic carbocycles. The summed E-state index contributed by atoms with van der Waals surface area (Å²) in [7, 11) is 0. The number of benzene rings is 2. The summed E-state index contributed by atoms with van der Waals surface area (Å²) >= 11 is 0. The van der Waals surface area contributed by atoms with Crippen molar-refractivity contribution < 1.29 is 30.0 Å². The smallest absolute Gasteiger partial charge is 0.303 e. The van der Waals surface area contributed by atoms with Crippen LogP contribution in [0.25, 0.3) is 0 Å². The van der Waals surface area contributed by atoms with Crippen molar-refractivity contribution in [3.05, 3.63) is 59.7 Å². The van der Waals surface area contributed by atoms with E-state index in [4.69, 9.17) is 10.2 Å². The number of carboxylic acid groups (broad SMARTS) is 2. The standard InChI is InChI=1S/C14H14O2.C9H16O4/c15-13-7-4-8-14(16)12(13)10-9-11-5-2-1-3-6-11;10-8(11)6-4-2-1-3-5-7-9(12)13/h1-8,15-16H,9-10H2;1-7H2,(H,10,11)(H,12,13). The Hall–Kier alpha value is -3.02. The van der Waals surface area contributed by atoms with Crippen LogP contribution in [0.5, 0.6) is 11.5 Å². The lowest BCUT2D eigenvalue weighted by atomic mass is 10.0. The topological polar surface area (TPSA) is 115 Å². The number of aromatic hydroxyl groups is 2. The van der Waals surface area contributed by atoms with Crippen molar-refractivity contribution in [1.29, 1.82) is 0 Å². The van der Waals surface area contributed by atoms with Gasteiger partial charge in [-0.3, -0.25) is 9.59 Å². The average Bonchev–Trinajstić information content (AvgIpc) is 2.68. The maximum Gasteiger partial charge on any atom is 0.303 e. The maximum absolute atomic E-state index is 10.1. The maximum atomic E-state index is 10.1. The Kier molecular flexibility index (Phi) is 11.6. The first-order valence-electron chi connectivity index (χ1n) is 9.87. The van der Waals surface area contributed by atoms with E-state index in [1.54, 1.807) is 18.2 Å². The van der Waals surface area contributed by atoms with Crippen molar-refractivity contribution in [3.8, 4) is 11.5 Å². The van der Waals surface area contributed by atoms with Crippen molar-refractivity contribution >= 4 is 11.9 Å². The Morgan fingerprint density at radius 2 is 1.10 bits per heavy atom. The van der Waals surface area contributed by atoms with E-state index in [1.165, 1.54) is 5.56 Å². The number of unbranched alkanes of at least 4 members (excludes halogenated alkanes) is 4. The summed E-state index contributed by atoms with van der Waals surface area (Å²) in [4.78, 5) is 20.2. The molecule has 158 valence electrons. The summed E-state index contributed by atoms with van der Waals surface area (Å²) in [6.45, 7) is 0. The summed E-state index contributed by atoms with van der Waals surface area (Å²) in [5.74, 6) is -1.19. The molecule has 0 fully saturated rings. The Balaban J connectivity index is 0.000000298. The number of aryl methyl sites for hydroxylation is 1. The summed E-state index contributed by atoms with van der Waals surface area (Å²) in [6.07, 6.45) is 5.98. The van der Waals surface area contributed by atoms with Gasteiger partial charge in [-0.1, -0.05) is 55.7 Å². The van der Waals surface area contributed by atoms with Gasteiger partial charge in [0.1, 0.15) is 11.5 Å². The van der Waals surface area contributed by atoms with Crippen molar-refractivity contribution in [2.75, 3.05) is 0 Å². The molecule has 0 aliphatic carbocycles. The van der Waals surface area contributed by atoms with Crippen LogP contribution in [-0.4, -0.2) is 32.4 Å². The molecule has 0 heterocycles. The van der Waals surface area contributed by atoms with Crippen LogP contribution >= 0.6 is 0 Å². The normalized spacial score (nSPS) is 10.1. The molecule has 0 aliphatic rings. The number of phenolic OH excluding ortho intramolecular Hbond substituents is 2. The lowest BCUT2D eigenvalue weighted by Crippen LogP contribution is -1.95. The molecule has 0 bridgehead atoms. The second-order valence-corrected chi connectivity index (χ2v) is 6.82. The third kappa shape index (κ3) is 11.4. The highest BCUT2D eigenvalue weighted by Gasteiger charge is 2.06. The fourth-order valence-corrected chi connectivity index (χ4v) is 2.82. The Labute approximate surface area is 171 Å². The van der Waals surface area contributed by atoms with Gasteiger partial charge in [0.2, 0.25) is 0 Å². The zero-order valence-electron chi connectivity index (χ0n) is 16.6. The van der Waals surface area contributed by atoms with Crippen LogP contribution in [0, 0.1) is 0 Å². The van der Waals surface area contributed by atoms with Crippen LogP contribution in [0.15, 0.2) is 48.5 Å². The van der Waals surface area contributed by atoms with Gasteiger partial charge in [0.05, 0.1) is 0 Å². The van der Waals surface area contributed by atoms with Crippen molar-refractivity contribution in [1.82, 2.24) is 0 Å². The zero-order valence-corrected chi connectivity index (χ0v) is 16.6. The van der Waals surface area contributed by atoms with E-state index in [2.05, 4.69) is 0 Å². The van der Waals surface area contributed by atoms with Crippen LogP contribution in [0.3, 0.4) is 0 Å². The fraction of sp³-hybridized carbons (Fsp3) is 0.391. The molecule has 0 aromatic heterocycles. The van der Waals surface area contributed by atoms with Gasteiger partial charge in [0, 0.05) is 18.4 Å². The highest BCUT2D eigenvalue weighted by molar-refractivity contribution is 5.66. The van der Waals surface area contributed by atoms with Gasteiger partial charge in [-0.15, -0.1) is 0 Å². The minimum atomic E-state index is -0.759. The van der Waals surface area contributed by atoms with E-state index in [1.807, 2.05) is 30.3 Å². The average molecular weight is 402 g/mol. The second-order valence-electron chi connectivity index (χ2n) is 6.82. The van der Waals surface area contributed by atoms with Crippen LogP contribution in [0.1, 0.15) is 56.1 Å². The minimum absolute atomic E-state index is 0.163. The van der Waals surface area contributed by atoms with E-state index >= 15 is 0 Å². The molecular weight excluding hydrogens is 372 g/mol. The van der Waals surface area contributed by atoms with E-state index in [9.17, 15) is 19.8 Å². The lowest BCUT2D eigenvalue weighted by molar-refractivity contribution is -0.138. The summed E-state index contributed by atoms with van der Waals surface area (Å²) < 4.78 is 0. The van der Waals surface area contributed by atoms with Crippen LogP contribution in [0.4, 0.5) is 0 Å². The first-order valence-corrected chi connectivity index (χ1v) is 9.87. The quantitative estimate of drug-likeness (QED) is 0.403. The predicted octanol–water partition coefficient (Wildman–Crippen LogP) is 4.77. The number of phenols is 2. The first-order chi connectivity index (χ1) is 13.9. The van der Waals surface area contributed by atoms with Gasteiger partial charge < -0.3 is 20.4 Å². The number of rotatable bonds is 11. The van der Waals surface area contributed by atoms with Crippen LogP contribution < -0.4 is 0 Å². The van der Waals surface area contributed by atoms with E-state index < -0.39 is 11.9 Å². The Morgan fingerprint density at radius 3 is 1.59 bits per heavy atom. The molecule has 6 heteroatoms. The molecule has 0 unspecified atom stereocenters. The molecule has 0 saturated heterocycles. The minimum Gasteiger partial charge on any atom is -0.508 e. The number of carbonyl (C=O) groups is 2. The number of carboxylic acids is 2. The highest BCUT2D eigenvalue weighted by atomic mass is 16.4. The van der Waals surface area contributed by atoms with Gasteiger partial charge in [0.25, 0.3) is 0 Å². The fourth-order valence-electron chi connectivity index (χ4n) is 2.82. The Morgan fingerprint density at radius 1 is 0.621 bits per heavy atom. The van der Waals surface area contributed by atoms with Gasteiger partial charge in [-0.05, 0) is 43.4 Å². The predicted molar refractivity (Wildman–Crippen MR) is 111 cm³/mol. The highest BCUT2D eigenvalue weighted by Crippen LogP contribution is 2.27. The van der Waals surface area contributed by atoms with E-state index in [0.717, 1.165) is 25.7 Å². The largest absolute Gasteiger partial charge is 0.508 e. The molecule has 2 aromatic rings.